The van der Waals surface area contributed by atoms with Gasteiger partial charge in [0, 0.05) is 23.9 Å². The van der Waals surface area contributed by atoms with Crippen LogP contribution in [0.5, 0.6) is 5.75 Å². The van der Waals surface area contributed by atoms with Gasteiger partial charge in [-0.15, -0.1) is 0 Å². The second-order valence-electron chi connectivity index (χ2n) is 7.93. The maximum absolute atomic E-state index is 12.3. The van der Waals surface area contributed by atoms with Crippen LogP contribution in [0.3, 0.4) is 0 Å². The normalized spacial score (nSPS) is 25.0. The topological polar surface area (TPSA) is 134 Å². The number of esters is 1. The van der Waals surface area contributed by atoms with Crippen LogP contribution in [0.2, 0.25) is 5.02 Å². The smallest absolute Gasteiger partial charge is 0.336 e. The van der Waals surface area contributed by atoms with Crippen LogP contribution in [0, 0.1) is 0 Å². The molecule has 0 heterocycles. The van der Waals surface area contributed by atoms with Crippen LogP contribution in [0.15, 0.2) is 60.7 Å². The molecule has 9 heteroatoms. The Morgan fingerprint density at radius 2 is 1.62 bits per heavy atom. The fourth-order valence-corrected chi connectivity index (χ4v) is 3.73. The standard InChI is InChI=1S/C25H25ClO8/c26-18-8-3-16(4-9-18)2-1-13-33-25(24(31)32)14-20(28)23(30)21(15-25)34-22(29)12-7-17-5-10-19(27)11-6-17/h1-12,20-21,23,27-28,30H,13-15H2,(H,31,32)/b2-1+,12-7+/t20-,21+,23+,25-/m0/s1. The molecule has 1 aliphatic carbocycles. The molecule has 1 saturated carbocycles. The Morgan fingerprint density at radius 3 is 2.26 bits per heavy atom. The molecule has 180 valence electrons. The number of aliphatic hydroxyl groups excluding tert-OH is 2. The number of aliphatic carboxylic acids is 1. The molecule has 2 aromatic rings. The lowest BCUT2D eigenvalue weighted by atomic mass is 9.79. The highest BCUT2D eigenvalue weighted by Crippen LogP contribution is 2.34. The summed E-state index contributed by atoms with van der Waals surface area (Å²) in [7, 11) is 0. The van der Waals surface area contributed by atoms with Crippen LogP contribution in [0.4, 0.5) is 0 Å². The van der Waals surface area contributed by atoms with Gasteiger partial charge in [0.25, 0.3) is 0 Å². The number of halogens is 1. The summed E-state index contributed by atoms with van der Waals surface area (Å²) in [4.78, 5) is 24.3. The van der Waals surface area contributed by atoms with Gasteiger partial charge in [0.1, 0.15) is 18.0 Å². The van der Waals surface area contributed by atoms with Crippen molar-refractivity contribution in [1.82, 2.24) is 0 Å². The van der Waals surface area contributed by atoms with E-state index in [0.29, 0.717) is 10.6 Å². The third kappa shape index (κ3) is 6.68. The van der Waals surface area contributed by atoms with Gasteiger partial charge in [-0.2, -0.15) is 0 Å². The molecule has 0 spiro atoms. The molecule has 0 saturated heterocycles. The summed E-state index contributed by atoms with van der Waals surface area (Å²) >= 11 is 5.85. The Morgan fingerprint density at radius 1 is 1.00 bits per heavy atom. The quantitative estimate of drug-likeness (QED) is 0.329. The monoisotopic (exact) mass is 488 g/mol. The van der Waals surface area contributed by atoms with Crippen LogP contribution in [-0.2, 0) is 19.1 Å². The van der Waals surface area contributed by atoms with Gasteiger partial charge >= 0.3 is 11.9 Å². The number of carboxylic acid groups (broad SMARTS) is 1. The molecule has 1 aliphatic rings. The summed E-state index contributed by atoms with van der Waals surface area (Å²) in [6.07, 6.45) is 0.962. The number of phenolic OH excluding ortho intramolecular Hbond substituents is 1. The van der Waals surface area contributed by atoms with Gasteiger partial charge in [-0.3, -0.25) is 0 Å². The number of carboxylic acids is 1. The predicted molar refractivity (Wildman–Crippen MR) is 125 cm³/mol. The van der Waals surface area contributed by atoms with E-state index in [4.69, 9.17) is 21.1 Å². The van der Waals surface area contributed by atoms with E-state index in [9.17, 15) is 30.0 Å². The number of benzene rings is 2. The third-order valence-corrected chi connectivity index (χ3v) is 5.70. The minimum Gasteiger partial charge on any atom is -0.508 e. The highest BCUT2D eigenvalue weighted by Gasteiger charge is 2.52. The minimum absolute atomic E-state index is 0.0760. The summed E-state index contributed by atoms with van der Waals surface area (Å²) in [5.41, 5.74) is -0.396. The molecule has 4 atom stereocenters. The highest BCUT2D eigenvalue weighted by atomic mass is 35.5. The van der Waals surface area contributed by atoms with Gasteiger partial charge in [0.15, 0.2) is 5.60 Å². The van der Waals surface area contributed by atoms with Crippen LogP contribution in [0.1, 0.15) is 24.0 Å². The predicted octanol–water partition coefficient (Wildman–Crippen LogP) is 3.04. The summed E-state index contributed by atoms with van der Waals surface area (Å²) < 4.78 is 10.9. The van der Waals surface area contributed by atoms with Crippen molar-refractivity contribution in [2.75, 3.05) is 6.61 Å². The van der Waals surface area contributed by atoms with E-state index in [2.05, 4.69) is 0 Å². The van der Waals surface area contributed by atoms with Crippen molar-refractivity contribution in [3.63, 3.8) is 0 Å². The van der Waals surface area contributed by atoms with E-state index in [0.717, 1.165) is 11.6 Å². The number of aliphatic hydroxyl groups is 2. The Bertz CT molecular complexity index is 1050. The first-order valence-electron chi connectivity index (χ1n) is 10.5. The molecule has 0 aromatic heterocycles. The lowest BCUT2D eigenvalue weighted by Crippen LogP contribution is -2.58. The molecular formula is C25H25ClO8. The van der Waals surface area contributed by atoms with Crippen LogP contribution in [0.25, 0.3) is 12.2 Å². The number of aromatic hydroxyl groups is 1. The molecule has 0 unspecified atom stereocenters. The van der Waals surface area contributed by atoms with Crippen molar-refractivity contribution in [3.8, 4) is 5.75 Å². The Balaban J connectivity index is 1.65. The molecule has 3 rings (SSSR count). The van der Waals surface area contributed by atoms with E-state index in [-0.39, 0.29) is 25.2 Å². The average molecular weight is 489 g/mol. The number of rotatable bonds is 8. The van der Waals surface area contributed by atoms with Crippen LogP contribution < -0.4 is 0 Å². The SMILES string of the molecule is O=C(/C=C/c1ccc(O)cc1)O[C@@H]1C[C@](OC/C=C/c2ccc(Cl)cc2)(C(=O)O)C[C@H](O)[C@H]1O. The Kier molecular flexibility index (Phi) is 8.46. The van der Waals surface area contributed by atoms with Crippen molar-refractivity contribution in [1.29, 1.82) is 0 Å². The number of hydrogen-bond donors (Lipinski definition) is 4. The van der Waals surface area contributed by atoms with Gasteiger partial charge in [0.05, 0.1) is 12.7 Å². The maximum atomic E-state index is 12.3. The number of phenols is 1. The van der Waals surface area contributed by atoms with Crippen molar-refractivity contribution in [2.24, 2.45) is 0 Å². The van der Waals surface area contributed by atoms with Crippen LogP contribution >= 0.6 is 11.6 Å². The van der Waals surface area contributed by atoms with E-state index < -0.39 is 35.9 Å². The molecule has 2 aromatic carbocycles. The third-order valence-electron chi connectivity index (χ3n) is 5.44. The average Bonchev–Trinajstić information content (AvgIpc) is 2.80. The van der Waals surface area contributed by atoms with Crippen molar-refractivity contribution in [2.45, 2.75) is 36.8 Å². The largest absolute Gasteiger partial charge is 0.508 e. The fourth-order valence-electron chi connectivity index (χ4n) is 3.60. The molecule has 34 heavy (non-hydrogen) atoms. The van der Waals surface area contributed by atoms with Gasteiger partial charge in [-0.05, 0) is 41.5 Å². The van der Waals surface area contributed by atoms with E-state index >= 15 is 0 Å². The zero-order chi connectivity index (χ0) is 24.7. The van der Waals surface area contributed by atoms with Crippen molar-refractivity contribution >= 4 is 35.7 Å². The van der Waals surface area contributed by atoms with Gasteiger partial charge in [0.2, 0.25) is 0 Å². The second-order valence-corrected chi connectivity index (χ2v) is 8.37. The van der Waals surface area contributed by atoms with Crippen molar-refractivity contribution < 1.29 is 39.5 Å². The number of hydrogen-bond acceptors (Lipinski definition) is 7. The maximum Gasteiger partial charge on any atom is 0.336 e. The first kappa shape index (κ1) is 25.5. The molecule has 1 fully saturated rings. The molecule has 0 radical (unpaired) electrons. The van der Waals surface area contributed by atoms with E-state index in [1.807, 2.05) is 0 Å². The van der Waals surface area contributed by atoms with Crippen molar-refractivity contribution in [3.05, 3.63) is 76.8 Å². The lowest BCUT2D eigenvalue weighted by molar-refractivity contribution is -0.204. The van der Waals surface area contributed by atoms with E-state index in [1.54, 1.807) is 48.6 Å². The fraction of sp³-hybridized carbons (Fsp3) is 0.280. The molecular weight excluding hydrogens is 464 g/mol. The van der Waals surface area contributed by atoms with E-state index in [1.165, 1.54) is 18.2 Å². The van der Waals surface area contributed by atoms with Gasteiger partial charge in [-0.25, -0.2) is 9.59 Å². The summed E-state index contributed by atoms with van der Waals surface area (Å²) in [5, 5.41) is 40.3. The summed E-state index contributed by atoms with van der Waals surface area (Å²) in [6, 6.07) is 13.1. The summed E-state index contributed by atoms with van der Waals surface area (Å²) in [6.45, 7) is -0.0842. The highest BCUT2D eigenvalue weighted by molar-refractivity contribution is 6.30. The van der Waals surface area contributed by atoms with Gasteiger partial charge < -0.3 is 29.9 Å². The number of carbonyl (C=O) groups is 2. The lowest BCUT2D eigenvalue weighted by Gasteiger charge is -2.41. The Labute approximate surface area is 201 Å². The second kappa shape index (κ2) is 11.3. The molecule has 4 N–H and O–H groups in total. The first-order valence-corrected chi connectivity index (χ1v) is 10.9. The molecule has 8 nitrogen and oxygen atoms in total. The number of carbonyl (C=O) groups excluding carboxylic acids is 1. The van der Waals surface area contributed by atoms with Gasteiger partial charge in [-0.1, -0.05) is 48.0 Å². The zero-order valence-corrected chi connectivity index (χ0v) is 18.8. The minimum atomic E-state index is -1.85. The summed E-state index contributed by atoms with van der Waals surface area (Å²) in [5.74, 6) is -2.08. The molecule has 0 aliphatic heterocycles. The first-order chi connectivity index (χ1) is 16.2. The Hall–Kier alpha value is -3.17. The number of ether oxygens (including phenoxy) is 2. The zero-order valence-electron chi connectivity index (χ0n) is 18.1. The van der Waals surface area contributed by atoms with Crippen LogP contribution in [-0.4, -0.2) is 62.9 Å². The molecule has 0 bridgehead atoms. The molecule has 0 amide bonds.